The summed E-state index contributed by atoms with van der Waals surface area (Å²) in [5.74, 6) is 0.627. The molecule has 0 amide bonds. The number of hydrogen-bond acceptors (Lipinski definition) is 2. The number of halogens is 1. The van der Waals surface area contributed by atoms with E-state index in [1.165, 1.54) is 19.3 Å². The molecule has 3 rings (SSSR count). The first-order chi connectivity index (χ1) is 8.28. The monoisotopic (exact) mass is 249 g/mol. The summed E-state index contributed by atoms with van der Waals surface area (Å²) in [6.45, 7) is 2.15. The molecule has 0 saturated heterocycles. The highest BCUT2D eigenvalue weighted by atomic mass is 35.5. The summed E-state index contributed by atoms with van der Waals surface area (Å²) in [4.78, 5) is 4.60. The van der Waals surface area contributed by atoms with E-state index in [0.717, 1.165) is 29.9 Å². The normalized spacial score (nSPS) is 16.4. The molecule has 0 bridgehead atoms. The van der Waals surface area contributed by atoms with Crippen molar-refractivity contribution in [3.8, 4) is 0 Å². The lowest BCUT2D eigenvalue weighted by molar-refractivity contribution is 0.409. The fourth-order valence-corrected chi connectivity index (χ4v) is 2.54. The van der Waals surface area contributed by atoms with Gasteiger partial charge in [0.2, 0.25) is 0 Å². The third-order valence-electron chi connectivity index (χ3n) is 3.49. The van der Waals surface area contributed by atoms with Crippen molar-refractivity contribution < 1.29 is 0 Å². The molecular formula is C13H16ClN3. The fraction of sp³-hybridized carbons (Fsp3) is 0.538. The van der Waals surface area contributed by atoms with Gasteiger partial charge >= 0.3 is 0 Å². The Hall–Kier alpha value is -1.09. The van der Waals surface area contributed by atoms with Crippen molar-refractivity contribution in [2.45, 2.75) is 44.9 Å². The van der Waals surface area contributed by atoms with Gasteiger partial charge in [0.25, 0.3) is 0 Å². The first-order valence-corrected chi connectivity index (χ1v) is 6.71. The zero-order chi connectivity index (χ0) is 11.8. The molecule has 0 unspecified atom stereocenters. The zero-order valence-corrected chi connectivity index (χ0v) is 10.7. The highest BCUT2D eigenvalue weighted by Crippen LogP contribution is 2.36. The number of nitrogens with zero attached hydrogens (tertiary/aromatic N) is 3. The van der Waals surface area contributed by atoms with Gasteiger partial charge in [-0.25, -0.2) is 9.50 Å². The molecule has 90 valence electrons. The van der Waals surface area contributed by atoms with Crippen LogP contribution in [0.15, 0.2) is 12.1 Å². The maximum absolute atomic E-state index is 6.24. The van der Waals surface area contributed by atoms with Gasteiger partial charge in [0.05, 0.1) is 5.69 Å². The summed E-state index contributed by atoms with van der Waals surface area (Å²) in [6, 6.07) is 4.02. The summed E-state index contributed by atoms with van der Waals surface area (Å²) < 4.78 is 1.76. The quantitative estimate of drug-likeness (QED) is 0.778. The maximum atomic E-state index is 6.24. The van der Waals surface area contributed by atoms with Crippen molar-refractivity contribution in [2.75, 3.05) is 0 Å². The molecule has 2 aromatic heterocycles. The van der Waals surface area contributed by atoms with E-state index >= 15 is 0 Å². The minimum absolute atomic E-state index is 0.627. The molecule has 17 heavy (non-hydrogen) atoms. The van der Waals surface area contributed by atoms with E-state index in [0.29, 0.717) is 11.1 Å². The van der Waals surface area contributed by atoms with E-state index in [1.807, 2.05) is 6.07 Å². The Bertz CT molecular complexity index is 543. The molecule has 0 atom stereocenters. The van der Waals surface area contributed by atoms with Crippen LogP contribution < -0.4 is 0 Å². The van der Waals surface area contributed by atoms with Crippen molar-refractivity contribution in [1.82, 2.24) is 14.6 Å². The van der Waals surface area contributed by atoms with E-state index in [4.69, 9.17) is 11.6 Å². The third-order valence-corrected chi connectivity index (χ3v) is 3.75. The molecule has 2 heterocycles. The lowest BCUT2D eigenvalue weighted by Crippen LogP contribution is -2.09. The van der Waals surface area contributed by atoms with Crippen molar-refractivity contribution in [3.05, 3.63) is 28.7 Å². The minimum Gasteiger partial charge on any atom is -0.233 e. The van der Waals surface area contributed by atoms with Gasteiger partial charge in [-0.3, -0.25) is 0 Å². The molecule has 1 aliphatic rings. The van der Waals surface area contributed by atoms with Crippen molar-refractivity contribution in [3.63, 3.8) is 0 Å². The molecule has 3 nitrogen and oxygen atoms in total. The van der Waals surface area contributed by atoms with Crippen molar-refractivity contribution >= 4 is 17.2 Å². The first-order valence-electron chi connectivity index (χ1n) is 6.33. The van der Waals surface area contributed by atoms with Gasteiger partial charge in [-0.2, -0.15) is 5.10 Å². The maximum Gasteiger partial charge on any atom is 0.157 e. The summed E-state index contributed by atoms with van der Waals surface area (Å²) in [5.41, 5.74) is 3.10. The highest BCUT2D eigenvalue weighted by Gasteiger charge is 2.23. The fourth-order valence-electron chi connectivity index (χ4n) is 2.29. The predicted octanol–water partition coefficient (Wildman–Crippen LogP) is 3.60. The Balaban J connectivity index is 2.04. The first kappa shape index (κ1) is 11.0. The Morgan fingerprint density at radius 2 is 2.24 bits per heavy atom. The number of rotatable bonds is 3. The SMILES string of the molecule is CCCc1cc(Cl)n2nc(C3CCC3)cc2n1. The summed E-state index contributed by atoms with van der Waals surface area (Å²) in [5, 5.41) is 5.23. The van der Waals surface area contributed by atoms with Gasteiger partial charge in [-0.05, 0) is 25.3 Å². The van der Waals surface area contributed by atoms with Gasteiger partial charge in [0.15, 0.2) is 5.65 Å². The highest BCUT2D eigenvalue weighted by molar-refractivity contribution is 6.29. The third kappa shape index (κ3) is 1.93. The summed E-state index contributed by atoms with van der Waals surface area (Å²) in [7, 11) is 0. The Kier molecular flexibility index (Phi) is 2.79. The second kappa shape index (κ2) is 4.30. The molecule has 0 radical (unpaired) electrons. The second-order valence-corrected chi connectivity index (χ2v) is 5.17. The van der Waals surface area contributed by atoms with Crippen molar-refractivity contribution in [2.24, 2.45) is 0 Å². The molecule has 2 aromatic rings. The molecule has 1 aliphatic carbocycles. The van der Waals surface area contributed by atoms with Gasteiger partial charge in [0.1, 0.15) is 5.15 Å². The van der Waals surface area contributed by atoms with Crippen molar-refractivity contribution in [1.29, 1.82) is 0 Å². The molecule has 0 N–H and O–H groups in total. The van der Waals surface area contributed by atoms with Crippen LogP contribution in [0.5, 0.6) is 0 Å². The number of aromatic nitrogens is 3. The predicted molar refractivity (Wildman–Crippen MR) is 68.6 cm³/mol. The average Bonchev–Trinajstić information content (AvgIpc) is 2.59. The summed E-state index contributed by atoms with van der Waals surface area (Å²) in [6.07, 6.45) is 5.89. The van der Waals surface area contributed by atoms with Crippen LogP contribution in [0.4, 0.5) is 0 Å². The van der Waals surface area contributed by atoms with Crippen LogP contribution in [0.25, 0.3) is 5.65 Å². The molecule has 0 aromatic carbocycles. The molecule has 1 fully saturated rings. The molecule has 4 heteroatoms. The van der Waals surface area contributed by atoms with Crippen LogP contribution in [0.2, 0.25) is 5.15 Å². The molecule has 0 aliphatic heterocycles. The van der Waals surface area contributed by atoms with Crippen LogP contribution in [0.3, 0.4) is 0 Å². The minimum atomic E-state index is 0.627. The van der Waals surface area contributed by atoms with E-state index in [1.54, 1.807) is 4.52 Å². The van der Waals surface area contributed by atoms with Gasteiger partial charge in [-0.1, -0.05) is 31.4 Å². The van der Waals surface area contributed by atoms with E-state index in [9.17, 15) is 0 Å². The Morgan fingerprint density at radius 1 is 1.41 bits per heavy atom. The Labute approximate surface area is 106 Å². The van der Waals surface area contributed by atoms with Crippen LogP contribution >= 0.6 is 11.6 Å². The molecule has 0 spiro atoms. The van der Waals surface area contributed by atoms with Crippen LogP contribution in [0, 0.1) is 0 Å². The zero-order valence-electron chi connectivity index (χ0n) is 9.99. The lowest BCUT2D eigenvalue weighted by Gasteiger charge is -2.22. The standard InChI is InChI=1S/C13H16ClN3/c1-2-4-10-7-12(14)17-13(15-10)8-11(16-17)9-5-3-6-9/h7-9H,2-6H2,1H3. The smallest absolute Gasteiger partial charge is 0.157 e. The van der Waals surface area contributed by atoms with E-state index < -0.39 is 0 Å². The van der Waals surface area contributed by atoms with Crippen LogP contribution in [0.1, 0.15) is 49.9 Å². The van der Waals surface area contributed by atoms with Gasteiger partial charge < -0.3 is 0 Å². The number of hydrogen-bond donors (Lipinski definition) is 0. The van der Waals surface area contributed by atoms with Gasteiger partial charge in [0, 0.05) is 17.7 Å². The summed E-state index contributed by atoms with van der Waals surface area (Å²) >= 11 is 6.24. The molecule has 1 saturated carbocycles. The topological polar surface area (TPSA) is 30.2 Å². The lowest BCUT2D eigenvalue weighted by atomic mass is 9.83. The average molecular weight is 250 g/mol. The van der Waals surface area contributed by atoms with E-state index in [-0.39, 0.29) is 0 Å². The van der Waals surface area contributed by atoms with Crippen LogP contribution in [-0.4, -0.2) is 14.6 Å². The van der Waals surface area contributed by atoms with E-state index in [2.05, 4.69) is 23.1 Å². The Morgan fingerprint density at radius 3 is 2.88 bits per heavy atom. The number of aryl methyl sites for hydroxylation is 1. The van der Waals surface area contributed by atoms with Gasteiger partial charge in [-0.15, -0.1) is 0 Å². The second-order valence-electron chi connectivity index (χ2n) is 4.79. The van der Waals surface area contributed by atoms with Crippen LogP contribution in [-0.2, 0) is 6.42 Å². The molecular weight excluding hydrogens is 234 g/mol. The largest absolute Gasteiger partial charge is 0.233 e. The number of fused-ring (bicyclic) bond motifs is 1.